The van der Waals surface area contributed by atoms with Crippen LogP contribution in [0.4, 0.5) is 17.1 Å². The zero-order chi connectivity index (χ0) is 47.5. The monoisotopic (exact) mass is 933 g/mol. The molecule has 10 heteroatoms. The van der Waals surface area contributed by atoms with Gasteiger partial charge >= 0.3 is 0 Å². The Labute approximate surface area is 417 Å². The second-order valence-electron chi connectivity index (χ2n) is 19.1. The van der Waals surface area contributed by atoms with Gasteiger partial charge in [-0.05, 0) is 102 Å². The lowest BCUT2D eigenvalue weighted by molar-refractivity contribution is 0.464. The van der Waals surface area contributed by atoms with E-state index in [0.717, 1.165) is 133 Å². The summed E-state index contributed by atoms with van der Waals surface area (Å²) in [5.74, 6) is 4.87. The summed E-state index contributed by atoms with van der Waals surface area (Å²) in [4.78, 5) is 19.2. The molecule has 0 saturated heterocycles. The highest BCUT2D eigenvalue weighted by atomic mass is 16.5. The number of para-hydroxylation sites is 6. The van der Waals surface area contributed by atoms with Gasteiger partial charge in [0.05, 0.1) is 38.8 Å². The predicted molar refractivity (Wildman–Crippen MR) is 294 cm³/mol. The zero-order valence-electron chi connectivity index (χ0n) is 38.8. The average Bonchev–Trinajstić information content (AvgIpc) is 4.09. The Bertz CT molecular complexity index is 4370. The number of benzene rings is 10. The molecule has 3 aliphatic heterocycles. The molecule has 73 heavy (non-hydrogen) atoms. The van der Waals surface area contributed by atoms with Crippen LogP contribution in [0.3, 0.4) is 0 Å². The van der Waals surface area contributed by atoms with Crippen LogP contribution < -0.4 is 30.8 Å². The molecule has 338 valence electrons. The van der Waals surface area contributed by atoms with Gasteiger partial charge in [0.1, 0.15) is 23.0 Å². The Hall–Kier alpha value is -9.93. The third-order valence-corrected chi connectivity index (χ3v) is 15.4. The maximum atomic E-state index is 6.75. The standard InChI is InChI=1S/C63H36BN7O2/c1-7-22-45-38(16-1)39-17-2-8-23-46(39)69(45)51-35-34-37(68-52-28-13-30-54-58(52)64-59-53(68)29-14-31-55(59)73-57-33-15-32-56(72-54)60(57)64)36-44(51)61-65-62(70-47-24-9-3-18-40(47)41-19-4-10-25-48(41)70)67-63(66-61)71-49-26-11-5-20-42(49)43-21-6-12-27-50(43)71/h1-36H. The second kappa shape index (κ2) is 14.3. The van der Waals surface area contributed by atoms with Gasteiger partial charge in [-0.15, -0.1) is 0 Å². The van der Waals surface area contributed by atoms with E-state index in [9.17, 15) is 0 Å². The topological polar surface area (TPSA) is 75.2 Å². The van der Waals surface area contributed by atoms with E-state index in [1.165, 1.54) is 0 Å². The summed E-state index contributed by atoms with van der Waals surface area (Å²) in [7, 11) is 0. The molecule has 0 atom stereocenters. The maximum Gasteiger partial charge on any atom is 0.266 e. The van der Waals surface area contributed by atoms with E-state index >= 15 is 0 Å². The first-order valence-corrected chi connectivity index (χ1v) is 24.6. The molecule has 0 saturated carbocycles. The molecular formula is C63H36BN7O2. The summed E-state index contributed by atoms with van der Waals surface area (Å²) < 4.78 is 20.3. The van der Waals surface area contributed by atoms with Crippen molar-refractivity contribution >= 4 is 106 Å². The lowest BCUT2D eigenvalue weighted by Crippen LogP contribution is -2.61. The molecule has 7 heterocycles. The molecule has 0 fully saturated rings. The largest absolute Gasteiger partial charge is 0.458 e. The molecule has 0 bridgehead atoms. The fourth-order valence-electron chi connectivity index (χ4n) is 12.4. The van der Waals surface area contributed by atoms with E-state index in [2.05, 4.69) is 219 Å². The fourth-order valence-corrected chi connectivity index (χ4v) is 12.4. The fraction of sp³-hybridized carbons (Fsp3) is 0. The van der Waals surface area contributed by atoms with Crippen molar-refractivity contribution < 1.29 is 9.47 Å². The summed E-state index contributed by atoms with van der Waals surface area (Å²) >= 11 is 0. The highest BCUT2D eigenvalue weighted by Crippen LogP contribution is 2.47. The number of rotatable bonds is 5. The lowest BCUT2D eigenvalue weighted by atomic mass is 9.33. The number of anilines is 3. The SMILES string of the molecule is c1cc2c3c(c1)Oc1cccc4c1B3c1c(cccc1N4c1ccc(-n3c4ccccc4c4ccccc43)c(-c3nc(-n4c5ccccc5c5ccccc54)nc(-n4c5ccccc5c5ccccc54)n3)c1)O2. The van der Waals surface area contributed by atoms with Gasteiger partial charge in [0.25, 0.3) is 6.71 Å². The minimum atomic E-state index is -0.0650. The van der Waals surface area contributed by atoms with Crippen molar-refractivity contribution in [1.82, 2.24) is 28.7 Å². The van der Waals surface area contributed by atoms with E-state index in [4.69, 9.17) is 24.4 Å². The van der Waals surface area contributed by atoms with Crippen molar-refractivity contribution in [3.8, 4) is 52.0 Å². The van der Waals surface area contributed by atoms with E-state index in [1.807, 2.05) is 18.2 Å². The number of nitrogens with zero attached hydrogens (tertiary/aromatic N) is 7. The second-order valence-corrected chi connectivity index (χ2v) is 19.1. The Morgan fingerprint density at radius 1 is 0.315 bits per heavy atom. The molecule has 0 radical (unpaired) electrons. The van der Waals surface area contributed by atoms with Crippen LogP contribution in [-0.2, 0) is 0 Å². The number of hydrogen-bond acceptors (Lipinski definition) is 6. The Morgan fingerprint density at radius 2 is 0.685 bits per heavy atom. The van der Waals surface area contributed by atoms with E-state index in [-0.39, 0.29) is 6.71 Å². The van der Waals surface area contributed by atoms with Gasteiger partial charge in [0.15, 0.2) is 5.82 Å². The number of hydrogen-bond donors (Lipinski definition) is 0. The summed E-state index contributed by atoms with van der Waals surface area (Å²) in [6.07, 6.45) is 0. The molecule has 0 unspecified atom stereocenters. The van der Waals surface area contributed by atoms with Crippen molar-refractivity contribution in [2.24, 2.45) is 0 Å². The van der Waals surface area contributed by atoms with Crippen LogP contribution in [0.1, 0.15) is 0 Å². The quantitative estimate of drug-likeness (QED) is 0.160. The molecule has 0 spiro atoms. The first-order valence-electron chi connectivity index (χ1n) is 24.6. The molecular weight excluding hydrogens is 898 g/mol. The van der Waals surface area contributed by atoms with Crippen molar-refractivity contribution in [2.75, 3.05) is 4.90 Å². The first kappa shape index (κ1) is 38.9. The third kappa shape index (κ3) is 5.22. The van der Waals surface area contributed by atoms with Gasteiger partial charge in [-0.2, -0.15) is 15.0 Å². The van der Waals surface area contributed by atoms with Crippen LogP contribution in [0, 0.1) is 0 Å². The highest BCUT2D eigenvalue weighted by molar-refractivity contribution is 7.00. The number of aromatic nitrogens is 6. The average molecular weight is 934 g/mol. The van der Waals surface area contributed by atoms with Gasteiger partial charge in [-0.3, -0.25) is 9.13 Å². The maximum absolute atomic E-state index is 6.75. The minimum absolute atomic E-state index is 0.0650. The highest BCUT2D eigenvalue weighted by Gasteiger charge is 2.47. The zero-order valence-corrected chi connectivity index (χ0v) is 38.8. The molecule has 14 aromatic rings. The number of ether oxygens (including phenoxy) is 2. The van der Waals surface area contributed by atoms with Crippen LogP contribution in [0.2, 0.25) is 0 Å². The van der Waals surface area contributed by atoms with Gasteiger partial charge in [0.2, 0.25) is 11.9 Å². The molecule has 17 rings (SSSR count). The molecule has 0 amide bonds. The van der Waals surface area contributed by atoms with Crippen LogP contribution in [0.15, 0.2) is 218 Å². The van der Waals surface area contributed by atoms with Crippen LogP contribution in [0.25, 0.3) is 94.4 Å². The smallest absolute Gasteiger partial charge is 0.266 e. The molecule has 0 N–H and O–H groups in total. The normalized spacial score (nSPS) is 13.1. The van der Waals surface area contributed by atoms with Crippen molar-refractivity contribution in [3.05, 3.63) is 218 Å². The third-order valence-electron chi connectivity index (χ3n) is 15.4. The van der Waals surface area contributed by atoms with Crippen LogP contribution >= 0.6 is 0 Å². The van der Waals surface area contributed by atoms with Gasteiger partial charge < -0.3 is 18.9 Å². The first-order chi connectivity index (χ1) is 36.2. The summed E-state index contributed by atoms with van der Waals surface area (Å²) in [6, 6.07) is 77.0. The summed E-state index contributed by atoms with van der Waals surface area (Å²) in [6.45, 7) is -0.0650. The molecule has 3 aliphatic rings. The summed E-state index contributed by atoms with van der Waals surface area (Å²) in [5.41, 5.74) is 14.2. The van der Waals surface area contributed by atoms with E-state index < -0.39 is 0 Å². The predicted octanol–water partition coefficient (Wildman–Crippen LogP) is 13.3. The van der Waals surface area contributed by atoms with Crippen molar-refractivity contribution in [1.29, 1.82) is 0 Å². The van der Waals surface area contributed by atoms with Crippen LogP contribution in [-0.4, -0.2) is 35.4 Å². The molecule has 0 aliphatic carbocycles. The van der Waals surface area contributed by atoms with Gasteiger partial charge in [-0.1, -0.05) is 127 Å². The van der Waals surface area contributed by atoms with Crippen LogP contribution in [0.5, 0.6) is 23.0 Å². The van der Waals surface area contributed by atoms with Crippen molar-refractivity contribution in [3.63, 3.8) is 0 Å². The van der Waals surface area contributed by atoms with Crippen molar-refractivity contribution in [2.45, 2.75) is 0 Å². The lowest BCUT2D eigenvalue weighted by Gasteiger charge is -2.42. The molecule has 10 aromatic carbocycles. The minimum Gasteiger partial charge on any atom is -0.458 e. The number of fused-ring (bicyclic) bond motifs is 9. The summed E-state index contributed by atoms with van der Waals surface area (Å²) in [5, 5.41) is 6.80. The van der Waals surface area contributed by atoms with E-state index in [0.29, 0.717) is 17.7 Å². The van der Waals surface area contributed by atoms with Gasteiger partial charge in [-0.25, -0.2) is 0 Å². The Balaban J connectivity index is 0.997. The molecule has 9 nitrogen and oxygen atoms in total. The van der Waals surface area contributed by atoms with Gasteiger partial charge in [0, 0.05) is 60.4 Å². The Morgan fingerprint density at radius 3 is 1.11 bits per heavy atom. The van der Waals surface area contributed by atoms with E-state index in [1.54, 1.807) is 0 Å². The molecule has 4 aromatic heterocycles. The Kier molecular flexibility index (Phi) is 7.64.